The Labute approximate surface area is 173 Å². The van der Waals surface area contributed by atoms with Crippen molar-refractivity contribution in [2.75, 3.05) is 11.6 Å². The van der Waals surface area contributed by atoms with E-state index in [1.54, 1.807) is 48.1 Å². The van der Waals surface area contributed by atoms with Crippen LogP contribution in [0.2, 0.25) is 0 Å². The van der Waals surface area contributed by atoms with Gasteiger partial charge in [-0.05, 0) is 65.3 Å². The molecule has 0 aliphatic heterocycles. The van der Waals surface area contributed by atoms with Crippen LogP contribution >= 0.6 is 24.0 Å². The van der Waals surface area contributed by atoms with Crippen molar-refractivity contribution in [3.8, 4) is 5.69 Å². The SMILES string of the molecule is CSc1nnnn1-c1cccc(NC(=O)c2ccc3c(=O)n(C)c(=S)[nH]c3c2)c1. The average Bonchev–Trinajstić information content (AvgIpc) is 3.21. The first-order valence-electron chi connectivity index (χ1n) is 8.45. The number of H-pyrrole nitrogens is 1. The van der Waals surface area contributed by atoms with Crippen molar-refractivity contribution in [3.63, 3.8) is 0 Å². The van der Waals surface area contributed by atoms with E-state index in [1.807, 2.05) is 12.3 Å². The zero-order valence-corrected chi connectivity index (χ0v) is 17.0. The molecule has 0 aliphatic carbocycles. The van der Waals surface area contributed by atoms with Gasteiger partial charge in [0.25, 0.3) is 11.5 Å². The maximum Gasteiger partial charge on any atom is 0.261 e. The summed E-state index contributed by atoms with van der Waals surface area (Å²) in [6.45, 7) is 0. The van der Waals surface area contributed by atoms with Gasteiger partial charge in [-0.15, -0.1) is 5.10 Å². The number of fused-ring (bicyclic) bond motifs is 1. The normalized spacial score (nSPS) is 11.0. The Hall–Kier alpha value is -3.31. The van der Waals surface area contributed by atoms with E-state index in [0.29, 0.717) is 32.1 Å². The van der Waals surface area contributed by atoms with Gasteiger partial charge in [0.15, 0.2) is 4.77 Å². The second kappa shape index (κ2) is 7.60. The van der Waals surface area contributed by atoms with E-state index >= 15 is 0 Å². The molecule has 2 aromatic heterocycles. The third-order valence-corrected chi connectivity index (χ3v) is 5.33. The quantitative estimate of drug-likeness (QED) is 0.382. The van der Waals surface area contributed by atoms with Crippen LogP contribution in [0.5, 0.6) is 0 Å². The van der Waals surface area contributed by atoms with Crippen molar-refractivity contribution >= 4 is 46.5 Å². The first kappa shape index (κ1) is 19.0. The third-order valence-electron chi connectivity index (χ3n) is 4.34. The van der Waals surface area contributed by atoms with Gasteiger partial charge in [-0.1, -0.05) is 17.8 Å². The molecule has 0 aliphatic rings. The highest BCUT2D eigenvalue weighted by atomic mass is 32.2. The monoisotopic (exact) mass is 425 g/mol. The molecule has 0 saturated carbocycles. The van der Waals surface area contributed by atoms with E-state index in [-0.39, 0.29) is 11.5 Å². The molecule has 1 amide bonds. The molecule has 146 valence electrons. The Morgan fingerprint density at radius 3 is 2.86 bits per heavy atom. The molecule has 4 aromatic rings. The van der Waals surface area contributed by atoms with Crippen molar-refractivity contribution in [3.05, 3.63) is 63.2 Å². The van der Waals surface area contributed by atoms with Crippen LogP contribution in [0.1, 0.15) is 10.4 Å². The Morgan fingerprint density at radius 1 is 1.24 bits per heavy atom. The summed E-state index contributed by atoms with van der Waals surface area (Å²) >= 11 is 6.56. The van der Waals surface area contributed by atoms with Crippen molar-refractivity contribution in [2.24, 2.45) is 7.05 Å². The zero-order chi connectivity index (χ0) is 20.5. The number of carbonyl (C=O) groups is 1. The number of carbonyl (C=O) groups excluding carboxylic acids is 1. The molecule has 0 atom stereocenters. The molecule has 2 aromatic carbocycles. The topological polar surface area (TPSA) is 110 Å². The number of tetrazole rings is 1. The van der Waals surface area contributed by atoms with E-state index in [9.17, 15) is 9.59 Å². The highest BCUT2D eigenvalue weighted by molar-refractivity contribution is 7.98. The van der Waals surface area contributed by atoms with Crippen molar-refractivity contribution < 1.29 is 4.79 Å². The summed E-state index contributed by atoms with van der Waals surface area (Å²) in [6.07, 6.45) is 1.88. The molecule has 2 N–H and O–H groups in total. The van der Waals surface area contributed by atoms with Crippen LogP contribution in [0, 0.1) is 4.77 Å². The molecule has 29 heavy (non-hydrogen) atoms. The zero-order valence-electron chi connectivity index (χ0n) is 15.4. The van der Waals surface area contributed by atoms with Crippen LogP contribution < -0.4 is 10.9 Å². The Balaban J connectivity index is 1.65. The average molecular weight is 425 g/mol. The highest BCUT2D eigenvalue weighted by Gasteiger charge is 2.12. The molecule has 0 bridgehead atoms. The standard InChI is InChI=1S/C18H15N7O2S2/c1-24-16(27)13-7-6-10(8-14(13)20-17(24)28)15(26)19-11-4-3-5-12(9-11)25-18(29-2)21-22-23-25/h3-9H,1-2H3,(H,19,26)(H,20,28). The van der Waals surface area contributed by atoms with Gasteiger partial charge in [-0.3, -0.25) is 14.2 Å². The lowest BCUT2D eigenvalue weighted by Gasteiger charge is -2.09. The number of rotatable bonds is 4. The fourth-order valence-corrected chi connectivity index (χ4v) is 3.46. The molecule has 0 saturated heterocycles. The summed E-state index contributed by atoms with van der Waals surface area (Å²) in [5.41, 5.74) is 2.01. The lowest BCUT2D eigenvalue weighted by molar-refractivity contribution is 0.102. The number of hydrogen-bond acceptors (Lipinski definition) is 7. The summed E-state index contributed by atoms with van der Waals surface area (Å²) in [4.78, 5) is 28.0. The fraction of sp³-hybridized carbons (Fsp3) is 0.111. The minimum absolute atomic E-state index is 0.213. The smallest absolute Gasteiger partial charge is 0.261 e. The van der Waals surface area contributed by atoms with Gasteiger partial charge in [0.2, 0.25) is 5.16 Å². The minimum atomic E-state index is -0.314. The van der Waals surface area contributed by atoms with E-state index < -0.39 is 0 Å². The number of nitrogens with zero attached hydrogens (tertiary/aromatic N) is 5. The number of anilines is 1. The number of hydrogen-bond donors (Lipinski definition) is 2. The molecule has 9 nitrogen and oxygen atoms in total. The van der Waals surface area contributed by atoms with E-state index in [0.717, 1.165) is 5.69 Å². The van der Waals surface area contributed by atoms with Gasteiger partial charge in [0.1, 0.15) is 0 Å². The number of amides is 1. The van der Waals surface area contributed by atoms with Gasteiger partial charge in [-0.25, -0.2) is 0 Å². The highest BCUT2D eigenvalue weighted by Crippen LogP contribution is 2.19. The third kappa shape index (κ3) is 3.57. The Bertz CT molecular complexity index is 1360. The second-order valence-electron chi connectivity index (χ2n) is 6.14. The summed E-state index contributed by atoms with van der Waals surface area (Å²) in [7, 11) is 1.60. The molecule has 0 unspecified atom stereocenters. The number of thioether (sulfide) groups is 1. The number of benzene rings is 2. The van der Waals surface area contributed by atoms with Crippen molar-refractivity contribution in [1.29, 1.82) is 0 Å². The Morgan fingerprint density at radius 2 is 2.07 bits per heavy atom. The van der Waals surface area contributed by atoms with E-state index in [4.69, 9.17) is 12.2 Å². The summed E-state index contributed by atoms with van der Waals surface area (Å²) in [5.74, 6) is -0.314. The molecule has 2 heterocycles. The summed E-state index contributed by atoms with van der Waals surface area (Å²) in [5, 5.41) is 15.5. The predicted molar refractivity (Wildman–Crippen MR) is 113 cm³/mol. The second-order valence-corrected chi connectivity index (χ2v) is 7.30. The number of nitrogens with one attached hydrogen (secondary N) is 2. The molecule has 0 fully saturated rings. The van der Waals surface area contributed by atoms with E-state index in [2.05, 4.69) is 25.8 Å². The summed E-state index contributed by atoms with van der Waals surface area (Å²) < 4.78 is 3.23. The maximum absolute atomic E-state index is 12.7. The fourth-order valence-electron chi connectivity index (χ4n) is 2.83. The Kier molecular flexibility index (Phi) is 4.99. The lowest BCUT2D eigenvalue weighted by atomic mass is 10.1. The molecular formula is C18H15N7O2S2. The summed E-state index contributed by atoms with van der Waals surface area (Å²) in [6, 6.07) is 12.0. The van der Waals surface area contributed by atoms with Crippen LogP contribution in [-0.2, 0) is 7.05 Å². The predicted octanol–water partition coefficient (Wildman–Crippen LogP) is 2.55. The first-order chi connectivity index (χ1) is 14.0. The van der Waals surface area contributed by atoms with Crippen LogP contribution in [0.3, 0.4) is 0 Å². The van der Waals surface area contributed by atoms with Gasteiger partial charge in [0, 0.05) is 18.3 Å². The van der Waals surface area contributed by atoms with Gasteiger partial charge < -0.3 is 10.3 Å². The van der Waals surface area contributed by atoms with Crippen molar-refractivity contribution in [1.82, 2.24) is 29.8 Å². The maximum atomic E-state index is 12.7. The van der Waals surface area contributed by atoms with Gasteiger partial charge in [0.05, 0.1) is 16.6 Å². The van der Waals surface area contributed by atoms with Gasteiger partial charge >= 0.3 is 0 Å². The first-order valence-corrected chi connectivity index (χ1v) is 10.1. The number of aromatic nitrogens is 6. The van der Waals surface area contributed by atoms with E-state index in [1.165, 1.54) is 16.3 Å². The minimum Gasteiger partial charge on any atom is -0.332 e. The number of aromatic amines is 1. The largest absolute Gasteiger partial charge is 0.332 e. The van der Waals surface area contributed by atoms with Crippen LogP contribution in [0.15, 0.2) is 52.4 Å². The van der Waals surface area contributed by atoms with Crippen LogP contribution in [0.4, 0.5) is 5.69 Å². The molecule has 11 heteroatoms. The van der Waals surface area contributed by atoms with Crippen molar-refractivity contribution in [2.45, 2.75) is 5.16 Å². The molecule has 4 rings (SSSR count). The molecule has 0 spiro atoms. The molecular weight excluding hydrogens is 410 g/mol. The lowest BCUT2D eigenvalue weighted by Crippen LogP contribution is -2.19. The van der Waals surface area contributed by atoms with Crippen LogP contribution in [-0.4, -0.2) is 41.9 Å². The van der Waals surface area contributed by atoms with Crippen LogP contribution in [0.25, 0.3) is 16.6 Å². The molecule has 0 radical (unpaired) electrons. The van der Waals surface area contributed by atoms with Gasteiger partial charge in [-0.2, -0.15) is 4.68 Å².